The number of nitrogens with one attached hydrogen (secondary N) is 3. The number of amides is 3. The van der Waals surface area contributed by atoms with Gasteiger partial charge in [0.1, 0.15) is 5.69 Å². The van der Waals surface area contributed by atoms with Crippen LogP contribution >= 0.6 is 15.9 Å². The van der Waals surface area contributed by atoms with Crippen LogP contribution in [0.25, 0.3) is 10.9 Å². The number of benzene rings is 3. The summed E-state index contributed by atoms with van der Waals surface area (Å²) < 4.78 is 2.15. The van der Waals surface area contributed by atoms with Crippen LogP contribution in [0.4, 0.5) is 11.4 Å². The lowest BCUT2D eigenvalue weighted by Crippen LogP contribution is -2.36. The molecular weight excluding hydrogens is 520 g/mol. The minimum atomic E-state index is -0.903. The van der Waals surface area contributed by atoms with Gasteiger partial charge in [-0.1, -0.05) is 67.0 Å². The first-order valence-corrected chi connectivity index (χ1v) is 12.2. The van der Waals surface area contributed by atoms with Crippen molar-refractivity contribution in [2.45, 2.75) is 33.1 Å². The van der Waals surface area contributed by atoms with E-state index < -0.39 is 17.7 Å². The lowest BCUT2D eigenvalue weighted by Gasteiger charge is -2.19. The van der Waals surface area contributed by atoms with Gasteiger partial charge in [-0.05, 0) is 65.9 Å². The maximum absolute atomic E-state index is 13.2. The van der Waals surface area contributed by atoms with E-state index >= 15 is 0 Å². The first-order valence-electron chi connectivity index (χ1n) is 11.4. The fourth-order valence-electron chi connectivity index (χ4n) is 3.77. The second kappa shape index (κ2) is 9.99. The third kappa shape index (κ3) is 5.49. The van der Waals surface area contributed by atoms with Crippen molar-refractivity contribution in [3.63, 3.8) is 0 Å². The highest BCUT2D eigenvalue weighted by Gasteiger charge is 2.22. The predicted molar refractivity (Wildman–Crippen MR) is 147 cm³/mol. The SMILES string of the molecule is Cc1ccccc1NC(=O)c1cc2cc(Br)ccc2n1NC(=O)C(=O)Nc1ccc(C(C)(C)C)cc1. The second-order valence-electron chi connectivity index (χ2n) is 9.56. The zero-order valence-electron chi connectivity index (χ0n) is 20.5. The summed E-state index contributed by atoms with van der Waals surface area (Å²) in [5.41, 5.74) is 6.47. The van der Waals surface area contributed by atoms with E-state index in [4.69, 9.17) is 0 Å². The number of fused-ring (bicyclic) bond motifs is 1. The average molecular weight is 547 g/mol. The summed E-state index contributed by atoms with van der Waals surface area (Å²) >= 11 is 3.43. The van der Waals surface area contributed by atoms with E-state index in [1.807, 2.05) is 43.3 Å². The Balaban J connectivity index is 1.59. The maximum Gasteiger partial charge on any atom is 0.328 e. The molecule has 3 aromatic carbocycles. The van der Waals surface area contributed by atoms with E-state index in [-0.39, 0.29) is 11.1 Å². The highest BCUT2D eigenvalue weighted by molar-refractivity contribution is 9.10. The standard InChI is InChI=1S/C28H27BrN4O3/c1-17-7-5-6-8-22(17)31-25(34)24-16-18-15-20(29)11-14-23(18)33(24)32-27(36)26(35)30-21-12-9-19(10-13-21)28(2,3)4/h5-16H,1-4H3,(H,30,35)(H,31,34)(H,32,36). The molecular formula is C28H27BrN4O3. The van der Waals surface area contributed by atoms with Crippen molar-refractivity contribution < 1.29 is 14.4 Å². The maximum atomic E-state index is 13.2. The molecule has 0 bridgehead atoms. The van der Waals surface area contributed by atoms with E-state index in [1.54, 1.807) is 36.4 Å². The molecule has 1 heterocycles. The zero-order valence-corrected chi connectivity index (χ0v) is 22.1. The van der Waals surface area contributed by atoms with E-state index in [9.17, 15) is 14.4 Å². The van der Waals surface area contributed by atoms with Crippen molar-refractivity contribution in [3.8, 4) is 0 Å². The molecule has 0 aliphatic carbocycles. The van der Waals surface area contributed by atoms with Crippen LogP contribution in [-0.4, -0.2) is 22.4 Å². The Morgan fingerprint density at radius 2 is 1.53 bits per heavy atom. The number of anilines is 2. The smallest absolute Gasteiger partial charge is 0.320 e. The van der Waals surface area contributed by atoms with Gasteiger partial charge < -0.3 is 10.6 Å². The van der Waals surface area contributed by atoms with Gasteiger partial charge in [-0.3, -0.25) is 19.8 Å². The summed E-state index contributed by atoms with van der Waals surface area (Å²) in [6.07, 6.45) is 0. The first-order chi connectivity index (χ1) is 17.0. The topological polar surface area (TPSA) is 92.2 Å². The molecule has 0 radical (unpaired) electrons. The Hall–Kier alpha value is -3.91. The minimum absolute atomic E-state index is 0.0281. The molecule has 3 N–H and O–H groups in total. The summed E-state index contributed by atoms with van der Waals surface area (Å²) in [5, 5.41) is 6.21. The van der Waals surface area contributed by atoms with Gasteiger partial charge >= 0.3 is 11.8 Å². The molecule has 0 aliphatic heterocycles. The molecule has 3 amide bonds. The number of aryl methyl sites for hydroxylation is 1. The Labute approximate surface area is 218 Å². The molecule has 36 heavy (non-hydrogen) atoms. The zero-order chi connectivity index (χ0) is 26.0. The van der Waals surface area contributed by atoms with Gasteiger partial charge in [-0.25, -0.2) is 4.68 Å². The molecule has 0 unspecified atom stereocenters. The molecule has 1 aromatic heterocycles. The minimum Gasteiger partial charge on any atom is -0.320 e. The third-order valence-electron chi connectivity index (χ3n) is 5.82. The number of halogens is 1. The van der Waals surface area contributed by atoms with Crippen molar-refractivity contribution in [2.24, 2.45) is 0 Å². The van der Waals surface area contributed by atoms with E-state index in [0.717, 1.165) is 21.0 Å². The van der Waals surface area contributed by atoms with Crippen LogP contribution < -0.4 is 16.1 Å². The van der Waals surface area contributed by atoms with Gasteiger partial charge in [0, 0.05) is 21.2 Å². The first kappa shape index (κ1) is 25.2. The number of para-hydroxylation sites is 1. The highest BCUT2D eigenvalue weighted by Crippen LogP contribution is 2.25. The van der Waals surface area contributed by atoms with E-state index in [1.165, 1.54) is 4.68 Å². The summed E-state index contributed by atoms with van der Waals surface area (Å²) in [4.78, 5) is 38.7. The van der Waals surface area contributed by atoms with Crippen LogP contribution in [0.5, 0.6) is 0 Å². The van der Waals surface area contributed by atoms with Crippen molar-refractivity contribution in [3.05, 3.63) is 94.1 Å². The van der Waals surface area contributed by atoms with Crippen LogP contribution in [0.3, 0.4) is 0 Å². The lowest BCUT2D eigenvalue weighted by molar-refractivity contribution is -0.133. The number of rotatable bonds is 4. The third-order valence-corrected chi connectivity index (χ3v) is 6.31. The molecule has 0 aliphatic rings. The van der Waals surface area contributed by atoms with Gasteiger partial charge in [0.2, 0.25) is 0 Å². The van der Waals surface area contributed by atoms with Gasteiger partial charge in [0.05, 0.1) is 5.52 Å². The summed E-state index contributed by atoms with van der Waals surface area (Å²) in [7, 11) is 0. The monoisotopic (exact) mass is 546 g/mol. The van der Waals surface area contributed by atoms with Crippen LogP contribution in [-0.2, 0) is 15.0 Å². The van der Waals surface area contributed by atoms with Crippen LogP contribution in [0.15, 0.2) is 77.3 Å². The molecule has 7 nitrogen and oxygen atoms in total. The number of carbonyl (C=O) groups excluding carboxylic acids is 3. The Bertz CT molecular complexity index is 1470. The van der Waals surface area contributed by atoms with Gasteiger partial charge in [-0.15, -0.1) is 0 Å². The highest BCUT2D eigenvalue weighted by atomic mass is 79.9. The number of hydrogen-bond donors (Lipinski definition) is 3. The summed E-state index contributed by atoms with van der Waals surface area (Å²) in [6.45, 7) is 8.19. The van der Waals surface area contributed by atoms with Crippen LogP contribution in [0, 0.1) is 6.92 Å². The quantitative estimate of drug-likeness (QED) is 0.275. The number of aromatic nitrogens is 1. The second-order valence-corrected chi connectivity index (χ2v) is 10.5. The van der Waals surface area contributed by atoms with Gasteiger partial charge in [0.25, 0.3) is 5.91 Å². The largest absolute Gasteiger partial charge is 0.328 e. The van der Waals surface area contributed by atoms with Crippen LogP contribution in [0.1, 0.15) is 42.4 Å². The number of hydrogen-bond acceptors (Lipinski definition) is 3. The van der Waals surface area contributed by atoms with Gasteiger partial charge in [-0.2, -0.15) is 0 Å². The van der Waals surface area contributed by atoms with Crippen molar-refractivity contribution in [2.75, 3.05) is 16.1 Å². The van der Waals surface area contributed by atoms with Crippen molar-refractivity contribution in [1.29, 1.82) is 0 Å². The predicted octanol–water partition coefficient (Wildman–Crippen LogP) is 5.97. The van der Waals surface area contributed by atoms with Crippen molar-refractivity contribution in [1.82, 2.24) is 4.68 Å². The molecule has 0 fully saturated rings. The van der Waals surface area contributed by atoms with E-state index in [0.29, 0.717) is 16.9 Å². The molecule has 4 aromatic rings. The Morgan fingerprint density at radius 1 is 0.833 bits per heavy atom. The number of carbonyl (C=O) groups is 3. The molecule has 4 rings (SSSR count). The summed E-state index contributed by atoms with van der Waals surface area (Å²) in [5.74, 6) is -2.17. The molecule has 184 valence electrons. The average Bonchev–Trinajstić information content (AvgIpc) is 3.17. The van der Waals surface area contributed by atoms with E-state index in [2.05, 4.69) is 52.8 Å². The molecule has 0 spiro atoms. The lowest BCUT2D eigenvalue weighted by atomic mass is 9.87. The van der Waals surface area contributed by atoms with Gasteiger partial charge in [0.15, 0.2) is 0 Å². The fourth-order valence-corrected chi connectivity index (χ4v) is 4.15. The molecule has 8 heteroatoms. The fraction of sp³-hybridized carbons (Fsp3) is 0.179. The Kier molecular flexibility index (Phi) is 6.99. The molecule has 0 saturated carbocycles. The molecule has 0 atom stereocenters. The van der Waals surface area contributed by atoms with Crippen molar-refractivity contribution >= 4 is 55.9 Å². The molecule has 0 saturated heterocycles. The Morgan fingerprint density at radius 3 is 2.19 bits per heavy atom. The normalized spacial score (nSPS) is 11.2. The summed E-state index contributed by atoms with van der Waals surface area (Å²) in [6, 6.07) is 21.8. The van der Waals surface area contributed by atoms with Crippen LogP contribution in [0.2, 0.25) is 0 Å². The number of nitrogens with zero attached hydrogens (tertiary/aromatic N) is 1.